The molecule has 4 aliphatic rings. The standard InChI is InChI=1S/C45H50N2/c1-7-46-38-25-23-32-17-9-11-21-36(32)40(38)44(3,4)42(46)34-19-13-15-30(28-34)27-31-16-14-20-35(29-31)43-45(5,6)41-37-22-12-10-18-33(37)24-26-39(41)47(43)8-2/h9-12,17-18,21-29,42H,7-8,13-16,19-20H2,1-6H3/p+1/b30-27+,43-35+. The zero-order valence-corrected chi connectivity index (χ0v) is 29.3. The summed E-state index contributed by atoms with van der Waals surface area (Å²) in [5.74, 6) is 0. The highest BCUT2D eigenvalue weighted by molar-refractivity contribution is 5.95. The van der Waals surface area contributed by atoms with Crippen molar-refractivity contribution in [2.24, 2.45) is 0 Å². The molecule has 2 nitrogen and oxygen atoms in total. The molecule has 2 heterocycles. The zero-order chi connectivity index (χ0) is 32.5. The van der Waals surface area contributed by atoms with E-state index < -0.39 is 0 Å². The number of likely N-dealkylation sites (N-methyl/N-ethyl adjacent to an activating group) is 2. The molecule has 0 spiro atoms. The Kier molecular flexibility index (Phi) is 7.37. The van der Waals surface area contributed by atoms with Crippen molar-refractivity contribution >= 4 is 32.9 Å². The smallest absolute Gasteiger partial charge is 0.136 e. The fourth-order valence-corrected chi connectivity index (χ4v) is 10.3. The Hall–Kier alpha value is -3.88. The van der Waals surface area contributed by atoms with Gasteiger partial charge in [0.15, 0.2) is 0 Å². The summed E-state index contributed by atoms with van der Waals surface area (Å²) in [6.07, 6.45) is 15.0. The maximum absolute atomic E-state index is 2.63. The van der Waals surface area contributed by atoms with E-state index in [0.717, 1.165) is 19.5 Å². The van der Waals surface area contributed by atoms with Crippen molar-refractivity contribution in [3.05, 3.63) is 130 Å². The summed E-state index contributed by atoms with van der Waals surface area (Å²) in [6.45, 7) is 16.7. The van der Waals surface area contributed by atoms with E-state index in [1.165, 1.54) is 93.0 Å². The molecule has 0 bridgehead atoms. The molecule has 0 saturated heterocycles. The predicted octanol–water partition coefficient (Wildman–Crippen LogP) is 10.4. The van der Waals surface area contributed by atoms with Crippen molar-refractivity contribution < 1.29 is 4.90 Å². The van der Waals surface area contributed by atoms with E-state index >= 15 is 0 Å². The van der Waals surface area contributed by atoms with Crippen LogP contribution >= 0.6 is 0 Å². The highest BCUT2D eigenvalue weighted by Gasteiger charge is 2.51. The highest BCUT2D eigenvalue weighted by atomic mass is 15.2. The number of rotatable bonds is 4. The number of nitrogens with one attached hydrogen (secondary N) is 1. The van der Waals surface area contributed by atoms with Crippen LogP contribution in [0.2, 0.25) is 0 Å². The third kappa shape index (κ3) is 4.70. The minimum Gasteiger partial charge on any atom is -0.344 e. The van der Waals surface area contributed by atoms with Crippen molar-refractivity contribution in [1.82, 2.24) is 0 Å². The number of anilines is 1. The van der Waals surface area contributed by atoms with E-state index in [4.69, 9.17) is 0 Å². The average molecular weight is 620 g/mol. The van der Waals surface area contributed by atoms with E-state index in [-0.39, 0.29) is 10.8 Å². The van der Waals surface area contributed by atoms with Crippen LogP contribution in [0.1, 0.15) is 91.2 Å². The first-order valence-electron chi connectivity index (χ1n) is 18.3. The monoisotopic (exact) mass is 619 g/mol. The molecule has 0 fully saturated rings. The quantitative estimate of drug-likeness (QED) is 0.239. The van der Waals surface area contributed by atoms with Crippen LogP contribution in [0.25, 0.3) is 21.5 Å². The first-order valence-corrected chi connectivity index (χ1v) is 18.3. The number of benzene rings is 4. The molecule has 1 N–H and O–H groups in total. The maximum Gasteiger partial charge on any atom is 0.136 e. The second kappa shape index (κ2) is 11.4. The van der Waals surface area contributed by atoms with E-state index in [1.54, 1.807) is 16.0 Å². The Morgan fingerprint density at radius 1 is 0.745 bits per heavy atom. The summed E-state index contributed by atoms with van der Waals surface area (Å²) in [6, 6.07) is 27.9. The van der Waals surface area contributed by atoms with Crippen LogP contribution in [0.3, 0.4) is 0 Å². The van der Waals surface area contributed by atoms with Crippen molar-refractivity contribution in [3.8, 4) is 0 Å². The normalized spacial score (nSPS) is 25.7. The number of allylic oxidation sites excluding steroid dienone is 7. The molecule has 0 aromatic heterocycles. The maximum atomic E-state index is 2.63. The molecule has 8 rings (SSSR count). The molecule has 2 aliphatic carbocycles. The second-order valence-electron chi connectivity index (χ2n) is 15.5. The Balaban J connectivity index is 1.17. The van der Waals surface area contributed by atoms with Gasteiger partial charge in [0.1, 0.15) is 11.7 Å². The van der Waals surface area contributed by atoms with Crippen molar-refractivity contribution in [2.45, 2.75) is 96.9 Å². The molecule has 0 amide bonds. The fourth-order valence-electron chi connectivity index (χ4n) is 10.3. The second-order valence-corrected chi connectivity index (χ2v) is 15.5. The van der Waals surface area contributed by atoms with Gasteiger partial charge in [0.05, 0.1) is 12.0 Å². The minimum atomic E-state index is -0.0365. The van der Waals surface area contributed by atoms with Crippen molar-refractivity contribution in [3.63, 3.8) is 0 Å². The van der Waals surface area contributed by atoms with Gasteiger partial charge in [-0.15, -0.1) is 0 Å². The molecule has 47 heavy (non-hydrogen) atoms. The predicted molar refractivity (Wildman–Crippen MR) is 201 cm³/mol. The minimum absolute atomic E-state index is 0.0365. The summed E-state index contributed by atoms with van der Waals surface area (Å²) in [5, 5.41) is 5.55. The SMILES string of the molecule is CCN1/C(=C2C=C(/C=C3/C=C(C4[NH+](CC)c5ccc6ccccc6c5C4(C)C)CCC3)CCC/2)C(C)(C)c2c1ccc1ccccc21. The van der Waals surface area contributed by atoms with Crippen LogP contribution < -0.4 is 9.80 Å². The van der Waals surface area contributed by atoms with Crippen LogP contribution in [0.15, 0.2) is 119 Å². The van der Waals surface area contributed by atoms with Gasteiger partial charge in [0.25, 0.3) is 0 Å². The summed E-state index contributed by atoms with van der Waals surface area (Å²) >= 11 is 0. The Labute approximate surface area is 282 Å². The van der Waals surface area contributed by atoms with Crippen LogP contribution in [0, 0.1) is 0 Å². The molecule has 2 heteroatoms. The third-order valence-electron chi connectivity index (χ3n) is 12.0. The Morgan fingerprint density at radius 3 is 2.15 bits per heavy atom. The molecule has 4 aromatic rings. The van der Waals surface area contributed by atoms with Crippen molar-refractivity contribution in [1.29, 1.82) is 0 Å². The molecule has 240 valence electrons. The van der Waals surface area contributed by atoms with Gasteiger partial charge in [-0.1, -0.05) is 86.7 Å². The zero-order valence-electron chi connectivity index (χ0n) is 29.3. The van der Waals surface area contributed by atoms with Crippen molar-refractivity contribution in [2.75, 3.05) is 18.0 Å². The summed E-state index contributed by atoms with van der Waals surface area (Å²) in [4.78, 5) is 4.26. The lowest BCUT2D eigenvalue weighted by molar-refractivity contribution is -0.850. The first kappa shape index (κ1) is 30.5. The van der Waals surface area contributed by atoms with E-state index in [0.29, 0.717) is 6.04 Å². The lowest BCUT2D eigenvalue weighted by Crippen LogP contribution is -3.11. The van der Waals surface area contributed by atoms with Gasteiger partial charge in [0, 0.05) is 35.0 Å². The van der Waals surface area contributed by atoms with Gasteiger partial charge in [-0.05, 0) is 128 Å². The number of hydrogen-bond acceptors (Lipinski definition) is 1. The number of nitrogens with zero attached hydrogens (tertiary/aromatic N) is 1. The molecule has 0 radical (unpaired) electrons. The van der Waals surface area contributed by atoms with E-state index in [2.05, 4.69) is 137 Å². The molecular formula is C45H51N2+. The lowest BCUT2D eigenvalue weighted by Gasteiger charge is -2.33. The number of hydrogen-bond donors (Lipinski definition) is 1. The average Bonchev–Trinajstić information content (AvgIpc) is 3.47. The Bertz CT molecular complexity index is 2030. The largest absolute Gasteiger partial charge is 0.344 e. The van der Waals surface area contributed by atoms with Gasteiger partial charge >= 0.3 is 0 Å². The molecule has 4 aromatic carbocycles. The third-order valence-corrected chi connectivity index (χ3v) is 12.0. The molecule has 2 unspecified atom stereocenters. The first-order chi connectivity index (χ1) is 22.7. The van der Waals surface area contributed by atoms with Gasteiger partial charge in [0.2, 0.25) is 0 Å². The number of quaternary nitrogens is 1. The van der Waals surface area contributed by atoms with Gasteiger partial charge in [-0.2, -0.15) is 0 Å². The summed E-state index contributed by atoms with van der Waals surface area (Å²) < 4.78 is 0. The number of fused-ring (bicyclic) bond motifs is 6. The van der Waals surface area contributed by atoms with Crippen LogP contribution in [-0.4, -0.2) is 19.1 Å². The van der Waals surface area contributed by atoms with E-state index in [1.807, 2.05) is 0 Å². The Morgan fingerprint density at radius 2 is 1.43 bits per heavy atom. The van der Waals surface area contributed by atoms with Gasteiger partial charge < -0.3 is 4.90 Å². The van der Waals surface area contributed by atoms with Crippen LogP contribution in [0.4, 0.5) is 11.4 Å². The topological polar surface area (TPSA) is 7.68 Å². The molecular weight excluding hydrogens is 569 g/mol. The summed E-state index contributed by atoms with van der Waals surface area (Å²) in [7, 11) is 0. The van der Waals surface area contributed by atoms with Gasteiger partial charge in [-0.25, -0.2) is 0 Å². The highest BCUT2D eigenvalue weighted by Crippen LogP contribution is 2.53. The van der Waals surface area contributed by atoms with Gasteiger partial charge in [-0.3, -0.25) is 4.90 Å². The van der Waals surface area contributed by atoms with Crippen LogP contribution in [0.5, 0.6) is 0 Å². The summed E-state index contributed by atoms with van der Waals surface area (Å²) in [5.41, 5.74) is 13.8. The fraction of sp³-hybridized carbons (Fsp3) is 0.378. The lowest BCUT2D eigenvalue weighted by atomic mass is 9.73. The van der Waals surface area contributed by atoms with Crippen LogP contribution in [-0.2, 0) is 10.8 Å². The molecule has 0 saturated carbocycles. The van der Waals surface area contributed by atoms with E-state index in [9.17, 15) is 0 Å². The molecule has 2 aliphatic heterocycles. The molecule has 2 atom stereocenters.